The first kappa shape index (κ1) is 61.4. The van der Waals surface area contributed by atoms with E-state index in [0.29, 0.717) is 33.7 Å². The average Bonchev–Trinajstić information content (AvgIpc) is 1.42. The maximum atomic E-state index is 14.6. The van der Waals surface area contributed by atoms with E-state index in [1.807, 2.05) is 103 Å². The number of hydrogen-bond donors (Lipinski definition) is 5. The molecule has 1 saturated heterocycles. The predicted octanol–water partition coefficient (Wildman–Crippen LogP) is 8.87. The van der Waals surface area contributed by atoms with Crippen LogP contribution in [0.3, 0.4) is 0 Å². The highest BCUT2D eigenvalue weighted by molar-refractivity contribution is 7.90. The number of fused-ring (bicyclic) bond motifs is 1. The molecule has 0 spiro atoms. The van der Waals surface area contributed by atoms with Gasteiger partial charge in [-0.3, -0.25) is 23.9 Å². The Labute approximate surface area is 516 Å². The van der Waals surface area contributed by atoms with Gasteiger partial charge in [-0.2, -0.15) is 5.10 Å². The molecule has 460 valence electrons. The minimum absolute atomic E-state index is 0.0392. The number of rotatable bonds is 21. The van der Waals surface area contributed by atoms with Crippen molar-refractivity contribution < 1.29 is 32.7 Å². The van der Waals surface area contributed by atoms with Crippen LogP contribution in [0.5, 0.6) is 0 Å². The summed E-state index contributed by atoms with van der Waals surface area (Å²) < 4.78 is 33.3. The van der Waals surface area contributed by atoms with Gasteiger partial charge in [-0.05, 0) is 149 Å². The number of carbonyl (C=O) groups is 4. The highest BCUT2D eigenvalue weighted by Gasteiger charge is 2.51. The molecule has 4 bridgehead atoms. The molecule has 5 fully saturated rings. The van der Waals surface area contributed by atoms with E-state index in [4.69, 9.17) is 10.1 Å². The Morgan fingerprint density at radius 3 is 2.24 bits per heavy atom. The smallest absolute Gasteiger partial charge is 0.284 e. The SMILES string of the molecule is Cc1cc(N(C)c2ccc(-c3cnn(CC45CC6CC(CC(C6)C4)C5)c3C)c(C(=O)NS(=O)(=O)CCN(C)CCC(=O)N[C@H](C(=O)N3C[C@H](O)C[C@H]3C(=O)N[C@@H](C)c3ccc(-c4scnc4C)cc3)C(C)(C)C)n2)nnc1Nc1nc2ccccc2s1. The van der Waals surface area contributed by atoms with Crippen LogP contribution in [-0.2, 0) is 31.0 Å². The van der Waals surface area contributed by atoms with E-state index in [-0.39, 0.29) is 43.6 Å². The summed E-state index contributed by atoms with van der Waals surface area (Å²) in [5, 5.41) is 34.6. The number of aromatic nitrogens is 7. The molecule has 5 N–H and O–H groups in total. The Bertz CT molecular complexity index is 3770. The molecular weight excluding hydrogens is 1160 g/mol. The summed E-state index contributed by atoms with van der Waals surface area (Å²) >= 11 is 3.06. The third-order valence-corrected chi connectivity index (χ3v) is 21.2. The standard InChI is InChI=1S/C63H78N14O7S3/c1-36-24-52(71-72-57(36)70-61-67-48-12-10-11-13-50(48)86-61)75(9)51-19-18-46(47-32-65-77(39(47)4)34-63-29-40-25-41(30-63)27-42(26-40)31-63)54(68-51)59(81)73-87(83,84)23-22-74(8)21-20-53(79)69-56(62(5,6)7)60(82)76-33-45(78)28-49(76)58(80)66-37(2)43-14-16-44(17-15-43)55-38(3)64-35-85-55/h10-19,24,32,35,37,40-42,45,49,56,78H,20-23,25-31,33-34H2,1-9H3,(H,66,80)(H,69,79)(H,73,81)(H,67,70,72)/t37-,40?,41?,42?,45+,49-,56+,63?/m0/s1. The maximum Gasteiger partial charge on any atom is 0.284 e. The lowest BCUT2D eigenvalue weighted by molar-refractivity contribution is -0.144. The van der Waals surface area contributed by atoms with Gasteiger partial charge in [-0.1, -0.05) is 68.5 Å². The number of amides is 4. The molecule has 5 aliphatic rings. The second-order valence-electron chi connectivity index (χ2n) is 25.9. The minimum Gasteiger partial charge on any atom is -0.391 e. The summed E-state index contributed by atoms with van der Waals surface area (Å²) in [5.74, 6) is 0.799. The molecule has 0 unspecified atom stereocenters. The minimum atomic E-state index is -4.29. The number of likely N-dealkylation sites (tertiary alicyclic amines) is 1. The Balaban J connectivity index is 0.737. The topological polar surface area (TPSA) is 263 Å². The third kappa shape index (κ3) is 13.6. The van der Waals surface area contributed by atoms with Crippen LogP contribution in [0.2, 0.25) is 0 Å². The van der Waals surface area contributed by atoms with Gasteiger partial charge in [0.05, 0.1) is 50.4 Å². The number of carbonyl (C=O) groups excluding carboxylic acids is 4. The maximum absolute atomic E-state index is 14.6. The van der Waals surface area contributed by atoms with Gasteiger partial charge < -0.3 is 35.8 Å². The number of thiazole rings is 2. The van der Waals surface area contributed by atoms with Gasteiger partial charge in [-0.15, -0.1) is 21.5 Å². The number of nitrogens with one attached hydrogen (secondary N) is 4. The van der Waals surface area contributed by atoms with Crippen LogP contribution in [0.15, 0.2) is 78.4 Å². The molecule has 2 aromatic carbocycles. The number of nitrogens with zero attached hydrogens (tertiary/aromatic N) is 10. The summed E-state index contributed by atoms with van der Waals surface area (Å²) in [6, 6.07) is 18.7. The number of anilines is 4. The summed E-state index contributed by atoms with van der Waals surface area (Å²) in [7, 11) is -0.876. The number of para-hydroxylation sites is 1. The van der Waals surface area contributed by atoms with E-state index in [9.17, 15) is 32.7 Å². The molecule has 1 aliphatic heterocycles. The number of pyridine rings is 1. The van der Waals surface area contributed by atoms with Crippen molar-refractivity contribution in [3.8, 4) is 21.6 Å². The Morgan fingerprint density at radius 1 is 0.862 bits per heavy atom. The van der Waals surface area contributed by atoms with Gasteiger partial charge >= 0.3 is 0 Å². The number of β-amino-alcohol motifs (C(OH)–C–C–N with tert-alkyl or cyclic N) is 1. The zero-order valence-corrected chi connectivity index (χ0v) is 53.3. The van der Waals surface area contributed by atoms with Crippen molar-refractivity contribution in [2.24, 2.45) is 28.6 Å². The average molecular weight is 1240 g/mol. The molecule has 4 amide bonds. The van der Waals surface area contributed by atoms with Crippen molar-refractivity contribution in [3.05, 3.63) is 107 Å². The molecule has 0 radical (unpaired) electrons. The van der Waals surface area contributed by atoms with Gasteiger partial charge in [0.2, 0.25) is 27.7 Å². The van der Waals surface area contributed by atoms with Crippen molar-refractivity contribution in [2.45, 2.75) is 131 Å². The van der Waals surface area contributed by atoms with Crippen molar-refractivity contribution in [1.29, 1.82) is 0 Å². The highest BCUT2D eigenvalue weighted by atomic mass is 32.2. The number of aliphatic hydroxyl groups is 1. The molecular formula is C63H78N14O7S3. The molecule has 12 rings (SSSR count). The van der Waals surface area contributed by atoms with E-state index in [1.54, 1.807) is 59.1 Å². The second kappa shape index (κ2) is 24.7. The fourth-order valence-corrected chi connectivity index (χ4v) is 16.5. The fourth-order valence-electron chi connectivity index (χ4n) is 13.8. The number of aliphatic hydroxyl groups excluding tert-OH is 1. The lowest BCUT2D eigenvalue weighted by Crippen LogP contribution is -2.58. The van der Waals surface area contributed by atoms with Gasteiger partial charge in [0.15, 0.2) is 16.8 Å². The van der Waals surface area contributed by atoms with Gasteiger partial charge in [0, 0.05) is 62.9 Å². The Hall–Kier alpha value is -7.25. The van der Waals surface area contributed by atoms with Crippen LogP contribution in [0.4, 0.5) is 22.6 Å². The monoisotopic (exact) mass is 1240 g/mol. The molecule has 24 heteroatoms. The van der Waals surface area contributed by atoms with E-state index in [1.165, 1.54) is 54.8 Å². The van der Waals surface area contributed by atoms with E-state index in [0.717, 1.165) is 67.5 Å². The number of benzene rings is 2. The normalized spacial score (nSPS) is 21.5. The number of sulfonamides is 1. The number of aryl methyl sites for hydroxylation is 2. The molecule has 6 heterocycles. The lowest BCUT2D eigenvalue weighted by Gasteiger charge is -2.56. The molecule has 4 aliphatic carbocycles. The fraction of sp³-hybridized carbons (Fsp3) is 0.492. The first-order valence-electron chi connectivity index (χ1n) is 29.9. The van der Waals surface area contributed by atoms with Gasteiger partial charge in [0.25, 0.3) is 5.91 Å². The van der Waals surface area contributed by atoms with E-state index < -0.39 is 69.0 Å². The zero-order chi connectivity index (χ0) is 61.7. The van der Waals surface area contributed by atoms with Crippen LogP contribution in [0.1, 0.15) is 118 Å². The molecule has 87 heavy (non-hydrogen) atoms. The van der Waals surface area contributed by atoms with Crippen molar-refractivity contribution in [1.82, 2.24) is 60.1 Å². The zero-order valence-electron chi connectivity index (χ0n) is 50.8. The summed E-state index contributed by atoms with van der Waals surface area (Å²) in [6.45, 7) is 13.9. The second-order valence-corrected chi connectivity index (χ2v) is 29.6. The van der Waals surface area contributed by atoms with Crippen LogP contribution in [-0.4, -0.2) is 140 Å². The largest absolute Gasteiger partial charge is 0.391 e. The summed E-state index contributed by atoms with van der Waals surface area (Å²) in [6.07, 6.45) is 8.33. The Morgan fingerprint density at radius 2 is 1.57 bits per heavy atom. The van der Waals surface area contributed by atoms with Crippen molar-refractivity contribution >= 4 is 89.1 Å². The first-order chi connectivity index (χ1) is 41.4. The van der Waals surface area contributed by atoms with Crippen LogP contribution in [0.25, 0.3) is 31.8 Å². The highest BCUT2D eigenvalue weighted by Crippen LogP contribution is 2.60. The van der Waals surface area contributed by atoms with Crippen LogP contribution >= 0.6 is 22.7 Å². The van der Waals surface area contributed by atoms with Gasteiger partial charge in [0.1, 0.15) is 23.6 Å². The summed E-state index contributed by atoms with van der Waals surface area (Å²) in [5.41, 5.74) is 7.54. The van der Waals surface area contributed by atoms with Crippen molar-refractivity contribution in [2.75, 3.05) is 49.7 Å². The van der Waals surface area contributed by atoms with E-state index in [2.05, 4.69) is 45.5 Å². The molecule has 21 nitrogen and oxygen atoms in total. The van der Waals surface area contributed by atoms with Crippen molar-refractivity contribution in [3.63, 3.8) is 0 Å². The summed E-state index contributed by atoms with van der Waals surface area (Å²) in [4.78, 5) is 76.2. The van der Waals surface area contributed by atoms with E-state index >= 15 is 0 Å². The Kier molecular flexibility index (Phi) is 17.5. The molecule has 7 aromatic rings. The van der Waals surface area contributed by atoms with Gasteiger partial charge in [-0.25, -0.2) is 28.1 Å². The lowest BCUT2D eigenvalue weighted by atomic mass is 9.49. The molecule has 5 aromatic heterocycles. The first-order valence-corrected chi connectivity index (χ1v) is 33.3. The molecule has 4 atom stereocenters. The van der Waals surface area contributed by atoms with Crippen LogP contribution in [0, 0.1) is 49.4 Å². The quantitative estimate of drug-likeness (QED) is 0.0450. The number of hydrogen-bond acceptors (Lipinski definition) is 18. The third-order valence-electron chi connectivity index (χ3n) is 18.1. The molecule has 4 saturated carbocycles. The predicted molar refractivity (Wildman–Crippen MR) is 338 cm³/mol. The van der Waals surface area contributed by atoms with Crippen LogP contribution < -0.4 is 25.6 Å².